The van der Waals surface area contributed by atoms with Gasteiger partial charge in [0.25, 0.3) is 0 Å². The van der Waals surface area contributed by atoms with Crippen LogP contribution in [0.4, 0.5) is 0 Å². The average molecular weight is 165 g/mol. The van der Waals surface area contributed by atoms with Crippen LogP contribution in [-0.4, -0.2) is 13.1 Å². The summed E-state index contributed by atoms with van der Waals surface area (Å²) in [5, 5.41) is 0. The van der Waals surface area contributed by atoms with Crippen molar-refractivity contribution >= 4 is 31.7 Å². The molecule has 0 aliphatic heterocycles. The van der Waals surface area contributed by atoms with E-state index >= 15 is 0 Å². The van der Waals surface area contributed by atoms with Crippen LogP contribution in [0.25, 0.3) is 6.20 Å². The highest BCUT2D eigenvalue weighted by molar-refractivity contribution is 7.44. The summed E-state index contributed by atoms with van der Waals surface area (Å²) in [4.78, 5) is 0. The first kappa shape index (κ1) is 6.16. The molecule has 0 saturated heterocycles. The van der Waals surface area contributed by atoms with E-state index in [1.807, 2.05) is 4.09 Å². The summed E-state index contributed by atoms with van der Waals surface area (Å²) in [6, 6.07) is 0. The lowest BCUT2D eigenvalue weighted by Crippen LogP contribution is -1.68. The largest absolute Gasteiger partial charge is 0.312 e. The van der Waals surface area contributed by atoms with E-state index in [0.29, 0.717) is 17.0 Å². The fraction of sp³-hybridized carbons (Fsp3) is 0. The molecule has 0 amide bonds. The van der Waals surface area contributed by atoms with Gasteiger partial charge >= 0.3 is 0 Å². The number of rotatable bonds is 1. The maximum atomic E-state index is 4.08. The second-order valence-corrected chi connectivity index (χ2v) is 4.78. The molecule has 1 aromatic heterocycles. The normalized spacial score (nSPS) is 11.5. The van der Waals surface area contributed by atoms with Gasteiger partial charge < -0.3 is 4.51 Å². The lowest BCUT2D eigenvalue weighted by molar-refractivity contribution is 1.48. The van der Waals surface area contributed by atoms with Crippen molar-refractivity contribution in [3.05, 3.63) is 6.58 Å². The van der Waals surface area contributed by atoms with Crippen LogP contribution in [0.5, 0.6) is 0 Å². The van der Waals surface area contributed by atoms with Gasteiger partial charge in [-0.05, 0) is 0 Å². The third-order valence-corrected chi connectivity index (χ3v) is 3.58. The number of H-pyrrole nitrogens is 1. The van der Waals surface area contributed by atoms with Crippen LogP contribution in [0.3, 0.4) is 0 Å². The maximum Gasteiger partial charge on any atom is 0.145 e. The Labute approximate surface area is 52.2 Å². The predicted octanol–water partition coefficient (Wildman–Crippen LogP) is 2.08. The number of hydrogen-bond donors (Lipinski definition) is 1. The highest BCUT2D eigenvalue weighted by Gasteiger charge is 1.72. The van der Waals surface area contributed by atoms with Crippen molar-refractivity contribution < 1.29 is 0 Å². The van der Waals surface area contributed by atoms with Gasteiger partial charge in [0.2, 0.25) is 0 Å². The molecule has 1 rings (SSSR count). The van der Waals surface area contributed by atoms with Crippen molar-refractivity contribution in [2.45, 2.75) is 0 Å². The molecule has 0 bridgehead atoms. The predicted molar refractivity (Wildman–Crippen MR) is 42.1 cm³/mol. The van der Waals surface area contributed by atoms with Crippen LogP contribution >= 0.6 is 25.5 Å². The summed E-state index contributed by atoms with van der Waals surface area (Å²) in [6.45, 7) is 3.61. The molecule has 0 fully saturated rings. The van der Waals surface area contributed by atoms with Gasteiger partial charge in [0, 0.05) is 23.2 Å². The molecule has 8 heavy (non-hydrogen) atoms. The minimum absolute atomic E-state index is 0.576. The summed E-state index contributed by atoms with van der Waals surface area (Å²) in [6.07, 6.45) is 1.79. The Morgan fingerprint density at radius 1 is 1.88 bits per heavy atom. The van der Waals surface area contributed by atoms with Crippen molar-refractivity contribution in [2.75, 3.05) is 0 Å². The molecular weight excluding hydrogens is 159 g/mol. The van der Waals surface area contributed by atoms with Crippen LogP contribution in [0.2, 0.25) is 0 Å². The van der Waals surface area contributed by atoms with Crippen molar-refractivity contribution in [2.24, 2.45) is 0 Å². The fourth-order valence-corrected chi connectivity index (χ4v) is 3.35. The molecule has 3 nitrogen and oxygen atoms in total. The topological polar surface area (TPSA) is 33.6 Å². The minimum Gasteiger partial charge on any atom is -0.312 e. The number of nitrogens with one attached hydrogen (secondary N) is 1. The zero-order valence-corrected chi connectivity index (χ0v) is 7.02. The van der Waals surface area contributed by atoms with E-state index in [0.717, 1.165) is 8.51 Å². The molecule has 2 unspecified atom stereocenters. The van der Waals surface area contributed by atoms with Gasteiger partial charge in [-0.1, -0.05) is 6.58 Å². The molecule has 0 aromatic carbocycles. The van der Waals surface area contributed by atoms with Gasteiger partial charge in [-0.15, -0.1) is 0 Å². The van der Waals surface area contributed by atoms with Gasteiger partial charge in [-0.25, -0.2) is 0 Å². The summed E-state index contributed by atoms with van der Waals surface area (Å²) < 4.78 is 9.21. The Kier molecular flexibility index (Phi) is 2.42. The molecule has 6 heteroatoms. The minimum atomic E-state index is 0.576. The average Bonchev–Trinajstić information content (AvgIpc) is 1.90. The Balaban J connectivity index is 2.99. The lowest BCUT2D eigenvalue weighted by Gasteiger charge is -1.90. The van der Waals surface area contributed by atoms with Crippen molar-refractivity contribution in [3.63, 3.8) is 0 Å². The maximum absolute atomic E-state index is 4.08. The SMILES string of the molecule is C=Cn1pn[pH][nH][pH]1. The quantitative estimate of drug-likeness (QED) is 0.678. The molecule has 0 aliphatic rings. The smallest absolute Gasteiger partial charge is 0.145 e. The molecule has 0 radical (unpaired) electrons. The molecule has 1 N–H and O–H groups in total. The Morgan fingerprint density at radius 2 is 2.75 bits per heavy atom. The van der Waals surface area contributed by atoms with E-state index < -0.39 is 0 Å². The van der Waals surface area contributed by atoms with Gasteiger partial charge in [-0.3, -0.25) is 4.09 Å². The summed E-state index contributed by atoms with van der Waals surface area (Å²) in [7, 11) is 2.27. The van der Waals surface area contributed by atoms with Crippen molar-refractivity contribution in [3.8, 4) is 0 Å². The number of aromatic amines is 1. The van der Waals surface area contributed by atoms with Gasteiger partial charge in [0.15, 0.2) is 0 Å². The number of nitrogens with zero attached hydrogens (tertiary/aromatic N) is 2. The standard InChI is InChI=1S/C2H6N3P3/c1-2-5-7-3-6-4-8-5/h2-3,6-7H,1H2. The van der Waals surface area contributed by atoms with Crippen LogP contribution in [0, 0.1) is 0 Å². The summed E-state index contributed by atoms with van der Waals surface area (Å²) in [5.41, 5.74) is 0. The van der Waals surface area contributed by atoms with Gasteiger partial charge in [-0.2, -0.15) is 4.51 Å². The first-order valence-corrected chi connectivity index (χ1v) is 4.71. The third kappa shape index (κ3) is 1.52. The zero-order chi connectivity index (χ0) is 5.82. The Bertz CT molecular complexity index is 175. The van der Waals surface area contributed by atoms with Crippen LogP contribution < -0.4 is 0 Å². The highest BCUT2D eigenvalue weighted by atomic mass is 31.1. The zero-order valence-electron chi connectivity index (χ0n) is 4.13. The Morgan fingerprint density at radius 3 is 3.12 bits per heavy atom. The molecule has 0 saturated carbocycles. The lowest BCUT2D eigenvalue weighted by atomic mass is 11.1. The van der Waals surface area contributed by atoms with Crippen molar-refractivity contribution in [1.82, 2.24) is 13.1 Å². The van der Waals surface area contributed by atoms with Gasteiger partial charge in [0.1, 0.15) is 8.51 Å². The molecule has 1 aromatic rings. The van der Waals surface area contributed by atoms with E-state index in [-0.39, 0.29) is 0 Å². The van der Waals surface area contributed by atoms with E-state index in [1.54, 1.807) is 6.20 Å². The first-order chi connectivity index (χ1) is 3.93. The summed E-state index contributed by atoms with van der Waals surface area (Å²) in [5.74, 6) is 0. The molecule has 2 atom stereocenters. The first-order valence-electron chi connectivity index (χ1n) is 2.01. The van der Waals surface area contributed by atoms with E-state index in [2.05, 4.69) is 15.6 Å². The van der Waals surface area contributed by atoms with Crippen LogP contribution in [0.1, 0.15) is 0 Å². The molecular formula is C2H6N3P3. The van der Waals surface area contributed by atoms with E-state index in [9.17, 15) is 0 Å². The number of aromatic nitrogens is 3. The highest BCUT2D eigenvalue weighted by Crippen LogP contribution is 2.10. The molecule has 1 heterocycles. The monoisotopic (exact) mass is 165 g/mol. The molecule has 44 valence electrons. The van der Waals surface area contributed by atoms with Crippen LogP contribution in [-0.2, 0) is 0 Å². The molecule has 0 spiro atoms. The third-order valence-electron chi connectivity index (χ3n) is 0.590. The number of hydrogen-bond acceptors (Lipinski definition) is 1. The van der Waals surface area contributed by atoms with E-state index in [1.165, 1.54) is 0 Å². The summed E-state index contributed by atoms with van der Waals surface area (Å²) >= 11 is 0. The Hall–Kier alpha value is 0.0400. The van der Waals surface area contributed by atoms with Gasteiger partial charge in [0.05, 0.1) is 0 Å². The molecule has 0 aliphatic carbocycles. The van der Waals surface area contributed by atoms with Crippen LogP contribution in [0.15, 0.2) is 6.58 Å². The van der Waals surface area contributed by atoms with Crippen molar-refractivity contribution in [1.29, 1.82) is 0 Å². The van der Waals surface area contributed by atoms with E-state index in [4.69, 9.17) is 0 Å². The second kappa shape index (κ2) is 3.14. The second-order valence-electron chi connectivity index (χ2n) is 1.07. The fourth-order valence-electron chi connectivity index (χ4n) is 0.282.